The van der Waals surface area contributed by atoms with Crippen LogP contribution in [-0.4, -0.2) is 18.5 Å². The molecular formula is C16H22O2. The molecule has 0 aromatic heterocycles. The third kappa shape index (κ3) is 2.99. The Morgan fingerprint density at radius 2 is 2.00 bits per heavy atom. The Balaban J connectivity index is 1.87. The summed E-state index contributed by atoms with van der Waals surface area (Å²) in [4.78, 5) is 12.1. The van der Waals surface area contributed by atoms with E-state index in [9.17, 15) is 4.79 Å². The number of aryl methyl sites for hydroxylation is 2. The predicted octanol–water partition coefficient (Wildman–Crippen LogP) is 3.69. The highest BCUT2D eigenvalue weighted by atomic mass is 16.5. The van der Waals surface area contributed by atoms with Crippen LogP contribution in [0.5, 0.6) is 0 Å². The van der Waals surface area contributed by atoms with Gasteiger partial charge in [0.1, 0.15) is 0 Å². The maximum atomic E-state index is 12.1. The molecule has 2 heteroatoms. The number of hydrogen-bond donors (Lipinski definition) is 0. The highest BCUT2D eigenvalue weighted by Crippen LogP contribution is 2.33. The number of rotatable bonds is 5. The monoisotopic (exact) mass is 246 g/mol. The Labute approximate surface area is 109 Å². The summed E-state index contributed by atoms with van der Waals surface area (Å²) in [6.07, 6.45) is 3.16. The SMILES string of the molecule is CCOC1CC(CC(=O)c2ccc(C)c(C)c2)C1. The van der Waals surface area contributed by atoms with Crippen molar-refractivity contribution in [3.8, 4) is 0 Å². The molecule has 0 saturated heterocycles. The summed E-state index contributed by atoms with van der Waals surface area (Å²) in [7, 11) is 0. The van der Waals surface area contributed by atoms with Crippen molar-refractivity contribution in [1.29, 1.82) is 0 Å². The number of carbonyl (C=O) groups is 1. The van der Waals surface area contributed by atoms with Crippen LogP contribution in [0.25, 0.3) is 0 Å². The highest BCUT2D eigenvalue weighted by Gasteiger charge is 2.31. The number of carbonyl (C=O) groups excluding carboxylic acids is 1. The van der Waals surface area contributed by atoms with Gasteiger partial charge in [0.05, 0.1) is 6.10 Å². The van der Waals surface area contributed by atoms with E-state index >= 15 is 0 Å². The summed E-state index contributed by atoms with van der Waals surface area (Å²) in [6.45, 7) is 6.93. The Bertz CT molecular complexity index is 431. The van der Waals surface area contributed by atoms with E-state index < -0.39 is 0 Å². The second-order valence-electron chi connectivity index (χ2n) is 5.34. The second-order valence-corrected chi connectivity index (χ2v) is 5.34. The van der Waals surface area contributed by atoms with E-state index in [1.54, 1.807) is 0 Å². The summed E-state index contributed by atoms with van der Waals surface area (Å²) < 4.78 is 5.52. The molecule has 1 saturated carbocycles. The van der Waals surface area contributed by atoms with Crippen LogP contribution >= 0.6 is 0 Å². The first kappa shape index (κ1) is 13.3. The number of hydrogen-bond acceptors (Lipinski definition) is 2. The molecule has 1 fully saturated rings. The summed E-state index contributed by atoms with van der Waals surface area (Å²) in [5.41, 5.74) is 3.30. The molecule has 2 rings (SSSR count). The lowest BCUT2D eigenvalue weighted by Gasteiger charge is -2.34. The minimum Gasteiger partial charge on any atom is -0.378 e. The Hall–Kier alpha value is -1.15. The Morgan fingerprint density at radius 3 is 2.61 bits per heavy atom. The van der Waals surface area contributed by atoms with Gasteiger partial charge in [-0.25, -0.2) is 0 Å². The zero-order valence-electron chi connectivity index (χ0n) is 11.5. The molecule has 0 N–H and O–H groups in total. The molecule has 0 aliphatic heterocycles. The van der Waals surface area contributed by atoms with Crippen molar-refractivity contribution in [2.24, 2.45) is 5.92 Å². The van der Waals surface area contributed by atoms with Crippen LogP contribution in [-0.2, 0) is 4.74 Å². The smallest absolute Gasteiger partial charge is 0.163 e. The third-order valence-corrected chi connectivity index (χ3v) is 3.90. The average Bonchev–Trinajstić information content (AvgIpc) is 2.30. The lowest BCUT2D eigenvalue weighted by molar-refractivity contribution is -0.0246. The lowest BCUT2D eigenvalue weighted by Crippen LogP contribution is -2.32. The van der Waals surface area contributed by atoms with Crippen LogP contribution < -0.4 is 0 Å². The Morgan fingerprint density at radius 1 is 1.28 bits per heavy atom. The summed E-state index contributed by atoms with van der Waals surface area (Å²) in [5, 5.41) is 0. The fourth-order valence-electron chi connectivity index (χ4n) is 2.51. The molecule has 0 spiro atoms. The molecule has 0 unspecified atom stereocenters. The molecule has 0 amide bonds. The zero-order valence-corrected chi connectivity index (χ0v) is 11.5. The molecule has 1 aromatic carbocycles. The first-order valence-corrected chi connectivity index (χ1v) is 6.82. The molecular weight excluding hydrogens is 224 g/mol. The molecule has 1 aliphatic rings. The summed E-state index contributed by atoms with van der Waals surface area (Å²) >= 11 is 0. The molecule has 0 radical (unpaired) electrons. The molecule has 98 valence electrons. The first-order valence-electron chi connectivity index (χ1n) is 6.82. The number of ketones is 1. The molecule has 0 bridgehead atoms. The van der Waals surface area contributed by atoms with E-state index in [0.29, 0.717) is 18.4 Å². The molecule has 1 aliphatic carbocycles. The Kier molecular flexibility index (Phi) is 4.18. The van der Waals surface area contributed by atoms with Gasteiger partial charge in [-0.1, -0.05) is 12.1 Å². The van der Waals surface area contributed by atoms with E-state index in [1.165, 1.54) is 11.1 Å². The molecule has 18 heavy (non-hydrogen) atoms. The predicted molar refractivity (Wildman–Crippen MR) is 73.0 cm³/mol. The number of benzene rings is 1. The van der Waals surface area contributed by atoms with E-state index in [0.717, 1.165) is 25.0 Å². The van der Waals surface area contributed by atoms with Crippen LogP contribution in [0.3, 0.4) is 0 Å². The maximum Gasteiger partial charge on any atom is 0.163 e. The van der Waals surface area contributed by atoms with Gasteiger partial charge in [-0.3, -0.25) is 4.79 Å². The van der Waals surface area contributed by atoms with Gasteiger partial charge in [0.15, 0.2) is 5.78 Å². The first-order chi connectivity index (χ1) is 8.60. The third-order valence-electron chi connectivity index (χ3n) is 3.90. The van der Waals surface area contributed by atoms with Crippen LogP contribution in [0.4, 0.5) is 0 Å². The maximum absolute atomic E-state index is 12.1. The molecule has 0 heterocycles. The van der Waals surface area contributed by atoms with Crippen molar-refractivity contribution in [3.63, 3.8) is 0 Å². The van der Waals surface area contributed by atoms with Crippen LogP contribution in [0.2, 0.25) is 0 Å². The molecule has 0 atom stereocenters. The van der Waals surface area contributed by atoms with Gasteiger partial charge in [-0.05, 0) is 56.7 Å². The minimum absolute atomic E-state index is 0.276. The van der Waals surface area contributed by atoms with Crippen molar-refractivity contribution >= 4 is 5.78 Å². The van der Waals surface area contributed by atoms with Crippen molar-refractivity contribution in [3.05, 3.63) is 34.9 Å². The van der Waals surface area contributed by atoms with Gasteiger partial charge in [0, 0.05) is 18.6 Å². The number of Topliss-reactive ketones (excluding diaryl/α,β-unsaturated/α-hetero) is 1. The largest absolute Gasteiger partial charge is 0.378 e. The van der Waals surface area contributed by atoms with Crippen molar-refractivity contribution < 1.29 is 9.53 Å². The van der Waals surface area contributed by atoms with Gasteiger partial charge in [-0.15, -0.1) is 0 Å². The standard InChI is InChI=1S/C16H22O2/c1-4-18-15-8-13(9-15)10-16(17)14-6-5-11(2)12(3)7-14/h5-7,13,15H,4,8-10H2,1-3H3. The van der Waals surface area contributed by atoms with Gasteiger partial charge in [0.25, 0.3) is 0 Å². The van der Waals surface area contributed by atoms with E-state index in [2.05, 4.69) is 13.8 Å². The zero-order chi connectivity index (χ0) is 13.1. The highest BCUT2D eigenvalue weighted by molar-refractivity contribution is 5.96. The molecule has 1 aromatic rings. The van der Waals surface area contributed by atoms with Crippen molar-refractivity contribution in [1.82, 2.24) is 0 Å². The average molecular weight is 246 g/mol. The van der Waals surface area contributed by atoms with E-state index in [4.69, 9.17) is 4.74 Å². The van der Waals surface area contributed by atoms with Crippen LogP contribution in [0, 0.1) is 19.8 Å². The van der Waals surface area contributed by atoms with Crippen LogP contribution in [0.1, 0.15) is 47.7 Å². The van der Waals surface area contributed by atoms with Crippen molar-refractivity contribution in [2.45, 2.75) is 46.1 Å². The van der Waals surface area contributed by atoms with E-state index in [-0.39, 0.29) is 5.78 Å². The van der Waals surface area contributed by atoms with E-state index in [1.807, 2.05) is 25.1 Å². The van der Waals surface area contributed by atoms with Crippen molar-refractivity contribution in [2.75, 3.05) is 6.61 Å². The van der Waals surface area contributed by atoms with Crippen LogP contribution in [0.15, 0.2) is 18.2 Å². The topological polar surface area (TPSA) is 26.3 Å². The quantitative estimate of drug-likeness (QED) is 0.741. The number of ether oxygens (including phenoxy) is 1. The van der Waals surface area contributed by atoms with Gasteiger partial charge < -0.3 is 4.74 Å². The van der Waals surface area contributed by atoms with Gasteiger partial charge in [0.2, 0.25) is 0 Å². The summed E-state index contributed by atoms with van der Waals surface area (Å²) in [5.74, 6) is 0.800. The van der Waals surface area contributed by atoms with Gasteiger partial charge >= 0.3 is 0 Å². The second kappa shape index (κ2) is 5.66. The normalized spacial score (nSPS) is 22.6. The lowest BCUT2D eigenvalue weighted by atomic mass is 9.78. The fraction of sp³-hybridized carbons (Fsp3) is 0.562. The van der Waals surface area contributed by atoms with Gasteiger partial charge in [-0.2, -0.15) is 0 Å². The minimum atomic E-state index is 0.276. The molecule has 2 nitrogen and oxygen atoms in total. The fourth-order valence-corrected chi connectivity index (χ4v) is 2.51. The summed E-state index contributed by atoms with van der Waals surface area (Å²) in [6, 6.07) is 5.99.